The number of rotatable bonds is 8. The smallest absolute Gasteiger partial charge is 0.343 e. The molecule has 0 saturated carbocycles. The van der Waals surface area contributed by atoms with Gasteiger partial charge in [0.1, 0.15) is 11.4 Å². The number of hydrazone groups is 1. The summed E-state index contributed by atoms with van der Waals surface area (Å²) in [6.45, 7) is 0.186. The van der Waals surface area contributed by atoms with Crippen LogP contribution in [0.25, 0.3) is 6.08 Å². The molecule has 4 aromatic carbocycles. The number of carbonyl (C=O) groups excluding carboxylic acids is 3. The van der Waals surface area contributed by atoms with Gasteiger partial charge in [0.25, 0.3) is 11.8 Å². The first-order valence-electron chi connectivity index (χ1n) is 13.1. The van der Waals surface area contributed by atoms with Crippen molar-refractivity contribution in [2.24, 2.45) is 5.10 Å². The molecule has 0 unspecified atom stereocenters. The number of carbonyl (C=O) groups is 3. The number of amides is 2. The molecule has 43 heavy (non-hydrogen) atoms. The van der Waals surface area contributed by atoms with E-state index >= 15 is 0 Å². The van der Waals surface area contributed by atoms with Crippen LogP contribution in [0.3, 0.4) is 0 Å². The number of nitrogens with one attached hydrogen (secondary N) is 2. The first-order chi connectivity index (χ1) is 21.0. The summed E-state index contributed by atoms with van der Waals surface area (Å²) in [4.78, 5) is 38.9. The highest BCUT2D eigenvalue weighted by Crippen LogP contribution is 2.34. The fourth-order valence-corrected chi connectivity index (χ4v) is 4.20. The van der Waals surface area contributed by atoms with Crippen LogP contribution in [0.4, 0.5) is 0 Å². The van der Waals surface area contributed by atoms with E-state index in [4.69, 9.17) is 23.7 Å². The van der Waals surface area contributed by atoms with Crippen molar-refractivity contribution in [3.63, 3.8) is 0 Å². The molecule has 0 saturated heterocycles. The van der Waals surface area contributed by atoms with Crippen molar-refractivity contribution in [3.05, 3.63) is 119 Å². The largest absolute Gasteiger partial charge is 0.454 e. The number of ether oxygens (including phenoxy) is 5. The summed E-state index contributed by atoms with van der Waals surface area (Å²) in [6.07, 6.45) is 2.83. The highest BCUT2D eigenvalue weighted by molar-refractivity contribution is 6.05. The molecule has 0 aliphatic carbocycles. The minimum atomic E-state index is -0.687. The molecule has 2 amide bonds. The topological polar surface area (TPSA) is 134 Å². The molecule has 0 spiro atoms. The van der Waals surface area contributed by atoms with Crippen molar-refractivity contribution >= 4 is 30.1 Å². The number of esters is 1. The monoisotopic (exact) mass is 577 g/mol. The highest BCUT2D eigenvalue weighted by atomic mass is 16.7. The van der Waals surface area contributed by atoms with Crippen molar-refractivity contribution in [2.75, 3.05) is 13.6 Å². The Bertz CT molecular complexity index is 1770. The third-order valence-corrected chi connectivity index (χ3v) is 6.34. The maximum absolute atomic E-state index is 13.2. The average Bonchev–Trinajstić information content (AvgIpc) is 3.71. The first kappa shape index (κ1) is 27.1. The van der Waals surface area contributed by atoms with Gasteiger partial charge in [0.15, 0.2) is 23.0 Å². The van der Waals surface area contributed by atoms with Gasteiger partial charge in [-0.2, -0.15) is 5.10 Å². The second-order valence-electron chi connectivity index (χ2n) is 9.19. The predicted molar refractivity (Wildman–Crippen MR) is 154 cm³/mol. The maximum Gasteiger partial charge on any atom is 0.343 e. The Labute approximate surface area is 245 Å². The van der Waals surface area contributed by atoms with E-state index < -0.39 is 17.8 Å². The molecule has 11 nitrogen and oxygen atoms in total. The van der Waals surface area contributed by atoms with E-state index in [1.54, 1.807) is 91.0 Å². The van der Waals surface area contributed by atoms with Gasteiger partial charge in [-0.3, -0.25) is 9.59 Å². The second kappa shape index (κ2) is 12.2. The quantitative estimate of drug-likeness (QED) is 0.104. The molecule has 0 aromatic heterocycles. The van der Waals surface area contributed by atoms with Gasteiger partial charge >= 0.3 is 5.97 Å². The molecule has 0 bridgehead atoms. The van der Waals surface area contributed by atoms with Crippen LogP contribution in [0.15, 0.2) is 102 Å². The fourth-order valence-electron chi connectivity index (χ4n) is 4.20. The number of hydrogen-bond donors (Lipinski definition) is 2. The van der Waals surface area contributed by atoms with Crippen molar-refractivity contribution in [3.8, 4) is 28.7 Å². The minimum Gasteiger partial charge on any atom is -0.454 e. The van der Waals surface area contributed by atoms with Crippen molar-refractivity contribution < 1.29 is 38.1 Å². The van der Waals surface area contributed by atoms with Gasteiger partial charge in [0.05, 0.1) is 11.8 Å². The van der Waals surface area contributed by atoms with E-state index in [0.29, 0.717) is 39.7 Å². The number of fused-ring (bicyclic) bond motifs is 2. The molecule has 0 atom stereocenters. The predicted octanol–water partition coefficient (Wildman–Crippen LogP) is 4.28. The fraction of sp³-hybridized carbons (Fsp3) is 0.0625. The molecule has 11 heteroatoms. The van der Waals surface area contributed by atoms with Gasteiger partial charge in [0.2, 0.25) is 13.6 Å². The summed E-state index contributed by atoms with van der Waals surface area (Å²) in [7, 11) is 0. The SMILES string of the molecule is O=C(N/N=C\c1ccccc1OC(=O)c1ccc2c(c1)OCO2)/C(=C\c1ccc2c(c1)OCO2)NC(=O)c1ccccc1. The van der Waals surface area contributed by atoms with Gasteiger partial charge in [0, 0.05) is 11.1 Å². The number of para-hydroxylation sites is 1. The standard InChI is InChI=1S/C32H23N3O8/c36-30(21-6-2-1-3-7-21)34-24(14-20-10-12-26-28(15-20)41-18-39-26)31(37)35-33-17-23-8-4-5-9-25(23)43-32(38)22-11-13-27-29(16-22)42-19-40-27/h1-17H,18-19H2,(H,34,36)(H,35,37)/b24-14+,33-17-. The van der Waals surface area contributed by atoms with Crippen molar-refractivity contribution in [1.29, 1.82) is 0 Å². The normalized spacial score (nSPS) is 13.1. The molecular weight excluding hydrogens is 554 g/mol. The zero-order valence-electron chi connectivity index (χ0n) is 22.4. The van der Waals surface area contributed by atoms with Crippen LogP contribution in [0, 0.1) is 0 Å². The highest BCUT2D eigenvalue weighted by Gasteiger charge is 2.19. The van der Waals surface area contributed by atoms with E-state index in [0.717, 1.165) is 0 Å². The minimum absolute atomic E-state index is 0.0626. The van der Waals surface area contributed by atoms with E-state index in [2.05, 4.69) is 15.8 Å². The van der Waals surface area contributed by atoms with Gasteiger partial charge in [-0.15, -0.1) is 0 Å². The van der Waals surface area contributed by atoms with E-state index in [1.165, 1.54) is 12.3 Å². The number of hydrogen-bond acceptors (Lipinski definition) is 9. The van der Waals surface area contributed by atoms with E-state index in [9.17, 15) is 14.4 Å². The molecule has 0 radical (unpaired) electrons. The Kier molecular flexibility index (Phi) is 7.68. The summed E-state index contributed by atoms with van der Waals surface area (Å²) in [5, 5.41) is 6.69. The van der Waals surface area contributed by atoms with Crippen LogP contribution in [-0.4, -0.2) is 37.6 Å². The lowest BCUT2D eigenvalue weighted by molar-refractivity contribution is -0.117. The summed E-state index contributed by atoms with van der Waals surface area (Å²) in [5.41, 5.74) is 4.02. The Balaban J connectivity index is 1.18. The van der Waals surface area contributed by atoms with Gasteiger partial charge in [-0.25, -0.2) is 10.2 Å². The summed E-state index contributed by atoms with van der Waals surface area (Å²) in [6, 6.07) is 25.0. The van der Waals surface area contributed by atoms with Gasteiger partial charge < -0.3 is 29.0 Å². The molecular formula is C32H23N3O8. The molecule has 0 fully saturated rings. The van der Waals surface area contributed by atoms with E-state index in [-0.39, 0.29) is 30.6 Å². The first-order valence-corrected chi connectivity index (χ1v) is 13.1. The summed E-state index contributed by atoms with van der Waals surface area (Å²) >= 11 is 0. The maximum atomic E-state index is 13.2. The van der Waals surface area contributed by atoms with Crippen molar-refractivity contribution in [2.45, 2.75) is 0 Å². The Morgan fingerprint density at radius 1 is 0.721 bits per heavy atom. The molecule has 2 aliphatic heterocycles. The van der Waals surface area contributed by atoms with Gasteiger partial charge in [-0.05, 0) is 66.2 Å². The van der Waals surface area contributed by atoms with Crippen LogP contribution in [0.2, 0.25) is 0 Å². The number of benzene rings is 4. The zero-order chi connectivity index (χ0) is 29.6. The molecule has 2 aliphatic rings. The van der Waals surface area contributed by atoms with Gasteiger partial charge in [-0.1, -0.05) is 36.4 Å². The van der Waals surface area contributed by atoms with Crippen molar-refractivity contribution in [1.82, 2.24) is 10.7 Å². The molecule has 4 aromatic rings. The van der Waals surface area contributed by atoms with Crippen LogP contribution < -0.4 is 34.4 Å². The molecule has 214 valence electrons. The number of nitrogens with zero attached hydrogens (tertiary/aromatic N) is 1. The second-order valence-corrected chi connectivity index (χ2v) is 9.19. The van der Waals surface area contributed by atoms with Crippen LogP contribution >= 0.6 is 0 Å². The van der Waals surface area contributed by atoms with Crippen LogP contribution in [0.5, 0.6) is 28.7 Å². The lowest BCUT2D eigenvalue weighted by Crippen LogP contribution is -2.32. The summed E-state index contributed by atoms with van der Waals surface area (Å²) < 4.78 is 27.0. The summed E-state index contributed by atoms with van der Waals surface area (Å²) in [5.74, 6) is 0.549. The molecule has 2 heterocycles. The van der Waals surface area contributed by atoms with Crippen LogP contribution in [0.1, 0.15) is 31.8 Å². The van der Waals surface area contributed by atoms with Crippen LogP contribution in [-0.2, 0) is 4.79 Å². The Hall–Kier alpha value is -6.10. The zero-order valence-corrected chi connectivity index (χ0v) is 22.4. The van der Waals surface area contributed by atoms with E-state index in [1.807, 2.05) is 0 Å². The Morgan fingerprint density at radius 2 is 1.40 bits per heavy atom. The lowest BCUT2D eigenvalue weighted by atomic mass is 10.1. The lowest BCUT2D eigenvalue weighted by Gasteiger charge is -2.10. The Morgan fingerprint density at radius 3 is 2.19 bits per heavy atom. The average molecular weight is 578 g/mol. The molecule has 6 rings (SSSR count). The molecule has 2 N–H and O–H groups in total. The third kappa shape index (κ3) is 6.30. The third-order valence-electron chi connectivity index (χ3n) is 6.34.